The Morgan fingerprint density at radius 3 is 2.41 bits per heavy atom. The van der Waals surface area contributed by atoms with E-state index >= 15 is 0 Å². The maximum atomic E-state index is 12.2. The summed E-state index contributed by atoms with van der Waals surface area (Å²) in [6, 6.07) is 0. The molecule has 3 rings (SSSR count). The van der Waals surface area contributed by atoms with Crippen LogP contribution >= 0.6 is 0 Å². The molecule has 1 spiro atoms. The molecule has 0 atom stereocenters. The van der Waals surface area contributed by atoms with Crippen molar-refractivity contribution < 1.29 is 4.79 Å². The van der Waals surface area contributed by atoms with Gasteiger partial charge in [0.2, 0.25) is 5.91 Å². The minimum atomic E-state index is 0.439. The maximum Gasteiger partial charge on any atom is 0.222 e. The van der Waals surface area contributed by atoms with Crippen LogP contribution in [-0.4, -0.2) is 23.9 Å². The fourth-order valence-corrected chi connectivity index (χ4v) is 4.26. The quantitative estimate of drug-likeness (QED) is 0.719. The van der Waals surface area contributed by atoms with E-state index in [1.54, 1.807) is 0 Å². The first-order valence-electron chi connectivity index (χ1n) is 7.26. The molecular weight excluding hydrogens is 210 g/mol. The van der Waals surface area contributed by atoms with Gasteiger partial charge in [0, 0.05) is 19.5 Å². The van der Waals surface area contributed by atoms with Gasteiger partial charge in [0.1, 0.15) is 0 Å². The van der Waals surface area contributed by atoms with Gasteiger partial charge in [-0.25, -0.2) is 0 Å². The summed E-state index contributed by atoms with van der Waals surface area (Å²) in [5.41, 5.74) is 1.07. The molecule has 0 N–H and O–H groups in total. The zero-order valence-corrected chi connectivity index (χ0v) is 11.3. The van der Waals surface area contributed by atoms with E-state index in [0.29, 0.717) is 22.7 Å². The summed E-state index contributed by atoms with van der Waals surface area (Å²) in [5, 5.41) is 0. The smallest absolute Gasteiger partial charge is 0.222 e. The van der Waals surface area contributed by atoms with E-state index in [1.807, 2.05) is 0 Å². The maximum absolute atomic E-state index is 12.2. The minimum Gasteiger partial charge on any atom is -0.342 e. The molecule has 0 aromatic carbocycles. The monoisotopic (exact) mass is 235 g/mol. The highest BCUT2D eigenvalue weighted by molar-refractivity contribution is 5.77. The predicted octanol–water partition coefficient (Wildman–Crippen LogP) is 3.22. The average molecular weight is 235 g/mol. The Hall–Kier alpha value is -0.530. The first-order chi connectivity index (χ1) is 7.98. The second kappa shape index (κ2) is 3.73. The van der Waals surface area contributed by atoms with Crippen molar-refractivity contribution in [2.45, 2.75) is 58.8 Å². The van der Waals surface area contributed by atoms with E-state index in [-0.39, 0.29) is 0 Å². The van der Waals surface area contributed by atoms with Gasteiger partial charge >= 0.3 is 0 Å². The minimum absolute atomic E-state index is 0.439. The fourth-order valence-electron chi connectivity index (χ4n) is 4.26. The molecule has 2 saturated carbocycles. The largest absolute Gasteiger partial charge is 0.342 e. The van der Waals surface area contributed by atoms with E-state index < -0.39 is 0 Å². The third-order valence-corrected chi connectivity index (χ3v) is 5.35. The molecule has 17 heavy (non-hydrogen) atoms. The first-order valence-corrected chi connectivity index (χ1v) is 7.26. The van der Waals surface area contributed by atoms with Crippen molar-refractivity contribution >= 4 is 5.91 Å². The molecule has 1 amide bonds. The standard InChI is InChI=1S/C15H25NO/c1-14(2)9-12(10-14)8-13(17)16-7-6-15(11-16)4-3-5-15/h12H,3-11H2,1-2H3. The zero-order chi connectivity index (χ0) is 12.1. The second-order valence-corrected chi connectivity index (χ2v) is 7.56. The number of rotatable bonds is 2. The molecule has 2 nitrogen and oxygen atoms in total. The number of nitrogens with zero attached hydrogens (tertiary/aromatic N) is 1. The molecule has 0 radical (unpaired) electrons. The van der Waals surface area contributed by atoms with Crippen LogP contribution < -0.4 is 0 Å². The molecular formula is C15H25NO. The lowest BCUT2D eigenvalue weighted by molar-refractivity contribution is -0.133. The van der Waals surface area contributed by atoms with Gasteiger partial charge in [-0.1, -0.05) is 20.3 Å². The summed E-state index contributed by atoms with van der Waals surface area (Å²) in [4.78, 5) is 14.4. The van der Waals surface area contributed by atoms with E-state index in [1.165, 1.54) is 38.5 Å². The lowest BCUT2D eigenvalue weighted by Gasteiger charge is -2.43. The average Bonchev–Trinajstić information content (AvgIpc) is 2.58. The Morgan fingerprint density at radius 1 is 1.24 bits per heavy atom. The molecule has 1 saturated heterocycles. The number of amides is 1. The van der Waals surface area contributed by atoms with Crippen LogP contribution in [0.4, 0.5) is 0 Å². The summed E-state index contributed by atoms with van der Waals surface area (Å²) in [6.45, 7) is 6.73. The SMILES string of the molecule is CC1(C)CC(CC(=O)N2CCC3(CCC3)C2)C1. The van der Waals surface area contributed by atoms with Crippen LogP contribution in [0.15, 0.2) is 0 Å². The number of hydrogen-bond acceptors (Lipinski definition) is 1. The molecule has 3 aliphatic rings. The van der Waals surface area contributed by atoms with Crippen LogP contribution in [0, 0.1) is 16.7 Å². The van der Waals surface area contributed by atoms with Crippen molar-refractivity contribution in [3.63, 3.8) is 0 Å². The molecule has 2 heteroatoms. The molecule has 96 valence electrons. The van der Waals surface area contributed by atoms with Crippen molar-refractivity contribution in [3.05, 3.63) is 0 Å². The van der Waals surface area contributed by atoms with Crippen LogP contribution in [-0.2, 0) is 4.79 Å². The molecule has 0 unspecified atom stereocenters. The third-order valence-electron chi connectivity index (χ3n) is 5.35. The lowest BCUT2D eigenvalue weighted by Crippen LogP contribution is -2.39. The Bertz CT molecular complexity index is 322. The van der Waals surface area contributed by atoms with Gasteiger partial charge in [0.05, 0.1) is 0 Å². The van der Waals surface area contributed by atoms with Gasteiger partial charge in [0.15, 0.2) is 0 Å². The normalized spacial score (nSPS) is 30.1. The molecule has 1 aliphatic heterocycles. The zero-order valence-electron chi connectivity index (χ0n) is 11.3. The van der Waals surface area contributed by atoms with Crippen molar-refractivity contribution in [2.24, 2.45) is 16.7 Å². The highest BCUT2D eigenvalue weighted by Crippen LogP contribution is 2.49. The van der Waals surface area contributed by atoms with Crippen LogP contribution in [0.25, 0.3) is 0 Å². The Labute approximate surface area is 105 Å². The number of carbonyl (C=O) groups excluding carboxylic acids is 1. The summed E-state index contributed by atoms with van der Waals surface area (Å²) < 4.78 is 0. The molecule has 0 bridgehead atoms. The predicted molar refractivity (Wildman–Crippen MR) is 68.6 cm³/mol. The number of hydrogen-bond donors (Lipinski definition) is 0. The highest BCUT2D eigenvalue weighted by Gasteiger charge is 2.45. The van der Waals surface area contributed by atoms with E-state index in [2.05, 4.69) is 18.7 Å². The van der Waals surface area contributed by atoms with Crippen molar-refractivity contribution in [2.75, 3.05) is 13.1 Å². The van der Waals surface area contributed by atoms with Crippen molar-refractivity contribution in [1.82, 2.24) is 4.90 Å². The molecule has 0 aromatic heterocycles. The van der Waals surface area contributed by atoms with E-state index in [4.69, 9.17) is 0 Å². The number of carbonyl (C=O) groups is 1. The van der Waals surface area contributed by atoms with Gasteiger partial charge in [0.25, 0.3) is 0 Å². The van der Waals surface area contributed by atoms with Crippen LogP contribution in [0.1, 0.15) is 58.8 Å². The summed E-state index contributed by atoms with van der Waals surface area (Å²) >= 11 is 0. The van der Waals surface area contributed by atoms with Gasteiger partial charge in [-0.15, -0.1) is 0 Å². The second-order valence-electron chi connectivity index (χ2n) is 7.56. The fraction of sp³-hybridized carbons (Fsp3) is 0.933. The van der Waals surface area contributed by atoms with Gasteiger partial charge in [-0.05, 0) is 48.9 Å². The summed E-state index contributed by atoms with van der Waals surface area (Å²) in [6.07, 6.45) is 8.71. The van der Waals surface area contributed by atoms with E-state index in [0.717, 1.165) is 19.5 Å². The topological polar surface area (TPSA) is 20.3 Å². The lowest BCUT2D eigenvalue weighted by atomic mass is 9.63. The molecule has 3 fully saturated rings. The molecule has 1 heterocycles. The third kappa shape index (κ3) is 2.11. The van der Waals surface area contributed by atoms with Gasteiger partial charge in [-0.3, -0.25) is 4.79 Å². The van der Waals surface area contributed by atoms with Gasteiger partial charge < -0.3 is 4.90 Å². The number of likely N-dealkylation sites (tertiary alicyclic amines) is 1. The Kier molecular flexibility index (Phi) is 2.53. The van der Waals surface area contributed by atoms with Crippen LogP contribution in [0.2, 0.25) is 0 Å². The molecule has 0 aromatic rings. The Balaban J connectivity index is 1.48. The van der Waals surface area contributed by atoms with Crippen LogP contribution in [0.5, 0.6) is 0 Å². The summed E-state index contributed by atoms with van der Waals surface area (Å²) in [7, 11) is 0. The molecule has 2 aliphatic carbocycles. The van der Waals surface area contributed by atoms with Crippen LogP contribution in [0.3, 0.4) is 0 Å². The summed E-state index contributed by atoms with van der Waals surface area (Å²) in [5.74, 6) is 1.12. The van der Waals surface area contributed by atoms with Gasteiger partial charge in [-0.2, -0.15) is 0 Å². The van der Waals surface area contributed by atoms with Crippen molar-refractivity contribution in [1.29, 1.82) is 0 Å². The van der Waals surface area contributed by atoms with Crippen molar-refractivity contribution in [3.8, 4) is 0 Å². The van der Waals surface area contributed by atoms with E-state index in [9.17, 15) is 4.79 Å². The Morgan fingerprint density at radius 2 is 1.94 bits per heavy atom. The first kappa shape index (κ1) is 11.6. The highest BCUT2D eigenvalue weighted by atomic mass is 16.2.